The molecule has 0 aliphatic carbocycles. The number of ketones is 1. The first-order chi connectivity index (χ1) is 10.1. The average Bonchev–Trinajstić information content (AvgIpc) is 2.84. The predicted octanol–water partition coefficient (Wildman–Crippen LogP) is 4.27. The van der Waals surface area contributed by atoms with E-state index in [0.29, 0.717) is 12.8 Å². The third-order valence-corrected chi connectivity index (χ3v) is 4.62. The standard InChI is InChI=1S/C18H17NOS/c1-12-7-8-13(2)14(9-12)10-15(20)11-18-19-16-5-3-4-6-17(16)21-18/h3-9H,10-11H2,1-2H3. The van der Waals surface area contributed by atoms with Crippen LogP contribution in [0.2, 0.25) is 0 Å². The molecular formula is C18H17NOS. The van der Waals surface area contributed by atoms with Crippen molar-refractivity contribution in [1.82, 2.24) is 4.98 Å². The molecule has 0 radical (unpaired) electrons. The number of carbonyl (C=O) groups excluding carboxylic acids is 1. The summed E-state index contributed by atoms with van der Waals surface area (Å²) in [6.07, 6.45) is 0.913. The van der Waals surface area contributed by atoms with E-state index in [1.807, 2.05) is 24.3 Å². The summed E-state index contributed by atoms with van der Waals surface area (Å²) >= 11 is 1.61. The quantitative estimate of drug-likeness (QED) is 0.719. The van der Waals surface area contributed by atoms with Gasteiger partial charge in [0.15, 0.2) is 0 Å². The summed E-state index contributed by atoms with van der Waals surface area (Å²) in [5, 5.41) is 0.909. The molecule has 1 aromatic heterocycles. The second kappa shape index (κ2) is 5.78. The summed E-state index contributed by atoms with van der Waals surface area (Å²) < 4.78 is 1.15. The first kappa shape index (κ1) is 14.0. The molecule has 3 heteroatoms. The van der Waals surface area contributed by atoms with Crippen LogP contribution in [0.4, 0.5) is 0 Å². The van der Waals surface area contributed by atoms with E-state index in [1.165, 1.54) is 11.1 Å². The fourth-order valence-electron chi connectivity index (χ4n) is 2.43. The van der Waals surface area contributed by atoms with E-state index in [2.05, 4.69) is 37.0 Å². The molecular weight excluding hydrogens is 278 g/mol. The number of aryl methyl sites for hydroxylation is 2. The molecule has 0 saturated heterocycles. The number of hydrogen-bond acceptors (Lipinski definition) is 3. The zero-order valence-electron chi connectivity index (χ0n) is 12.2. The fraction of sp³-hybridized carbons (Fsp3) is 0.222. The summed E-state index contributed by atoms with van der Waals surface area (Å²) in [5.74, 6) is 0.225. The lowest BCUT2D eigenvalue weighted by molar-refractivity contribution is -0.117. The van der Waals surface area contributed by atoms with Gasteiger partial charge in [-0.05, 0) is 37.1 Å². The molecule has 106 valence electrons. The number of Topliss-reactive ketones (excluding diaryl/α,β-unsaturated/α-hetero) is 1. The molecule has 0 atom stereocenters. The van der Waals surface area contributed by atoms with Gasteiger partial charge in [0.2, 0.25) is 0 Å². The van der Waals surface area contributed by atoms with Crippen molar-refractivity contribution >= 4 is 27.3 Å². The molecule has 0 amide bonds. The van der Waals surface area contributed by atoms with Crippen molar-refractivity contribution in [2.45, 2.75) is 26.7 Å². The van der Waals surface area contributed by atoms with Crippen molar-refractivity contribution in [2.24, 2.45) is 0 Å². The average molecular weight is 295 g/mol. The number of benzene rings is 2. The fourth-order valence-corrected chi connectivity index (χ4v) is 3.43. The zero-order valence-corrected chi connectivity index (χ0v) is 13.0. The lowest BCUT2D eigenvalue weighted by Gasteiger charge is -2.05. The van der Waals surface area contributed by atoms with Gasteiger partial charge in [0.25, 0.3) is 0 Å². The predicted molar refractivity (Wildman–Crippen MR) is 88.0 cm³/mol. The highest BCUT2D eigenvalue weighted by molar-refractivity contribution is 7.18. The van der Waals surface area contributed by atoms with E-state index in [9.17, 15) is 4.79 Å². The molecule has 0 unspecified atom stereocenters. The van der Waals surface area contributed by atoms with Gasteiger partial charge in [0, 0.05) is 6.42 Å². The minimum Gasteiger partial charge on any atom is -0.299 e. The van der Waals surface area contributed by atoms with Crippen LogP contribution in [0.1, 0.15) is 21.7 Å². The van der Waals surface area contributed by atoms with E-state index in [1.54, 1.807) is 11.3 Å². The molecule has 21 heavy (non-hydrogen) atoms. The Morgan fingerprint density at radius 2 is 1.90 bits per heavy atom. The van der Waals surface area contributed by atoms with Gasteiger partial charge in [-0.3, -0.25) is 4.79 Å². The van der Waals surface area contributed by atoms with Crippen LogP contribution in [0.15, 0.2) is 42.5 Å². The van der Waals surface area contributed by atoms with Gasteiger partial charge < -0.3 is 0 Å². The molecule has 0 saturated carbocycles. The Kier molecular flexibility index (Phi) is 3.84. The number of para-hydroxylation sites is 1. The van der Waals surface area contributed by atoms with Crippen LogP contribution < -0.4 is 0 Å². The maximum atomic E-state index is 12.3. The van der Waals surface area contributed by atoms with Gasteiger partial charge in [-0.2, -0.15) is 0 Å². The van der Waals surface area contributed by atoms with Gasteiger partial charge >= 0.3 is 0 Å². The number of nitrogens with zero attached hydrogens (tertiary/aromatic N) is 1. The smallest absolute Gasteiger partial charge is 0.144 e. The summed E-state index contributed by atoms with van der Waals surface area (Å²) in [7, 11) is 0. The Morgan fingerprint density at radius 3 is 2.71 bits per heavy atom. The first-order valence-electron chi connectivity index (χ1n) is 7.04. The van der Waals surface area contributed by atoms with Crippen molar-refractivity contribution < 1.29 is 4.79 Å². The zero-order chi connectivity index (χ0) is 14.8. The Morgan fingerprint density at radius 1 is 1.10 bits per heavy atom. The van der Waals surface area contributed by atoms with Crippen molar-refractivity contribution in [3.63, 3.8) is 0 Å². The number of fused-ring (bicyclic) bond motifs is 1. The summed E-state index contributed by atoms with van der Waals surface area (Å²) in [5.41, 5.74) is 4.49. The van der Waals surface area contributed by atoms with Crippen molar-refractivity contribution in [1.29, 1.82) is 0 Å². The lowest BCUT2D eigenvalue weighted by Crippen LogP contribution is -2.07. The minimum absolute atomic E-state index is 0.225. The van der Waals surface area contributed by atoms with Crippen LogP contribution in [0.3, 0.4) is 0 Å². The first-order valence-corrected chi connectivity index (χ1v) is 7.86. The molecule has 0 aliphatic rings. The molecule has 0 spiro atoms. The van der Waals surface area contributed by atoms with Crippen molar-refractivity contribution in [2.75, 3.05) is 0 Å². The number of aromatic nitrogens is 1. The third-order valence-electron chi connectivity index (χ3n) is 3.58. The SMILES string of the molecule is Cc1ccc(C)c(CC(=O)Cc2nc3ccccc3s2)c1. The monoisotopic (exact) mass is 295 g/mol. The lowest BCUT2D eigenvalue weighted by atomic mass is 10.00. The van der Waals surface area contributed by atoms with E-state index in [4.69, 9.17) is 0 Å². The van der Waals surface area contributed by atoms with Crippen LogP contribution in [0.5, 0.6) is 0 Å². The van der Waals surface area contributed by atoms with E-state index < -0.39 is 0 Å². The number of thiazole rings is 1. The largest absolute Gasteiger partial charge is 0.299 e. The van der Waals surface area contributed by atoms with Crippen LogP contribution in [0.25, 0.3) is 10.2 Å². The number of rotatable bonds is 4. The molecule has 0 bridgehead atoms. The molecule has 2 aromatic carbocycles. The summed E-state index contributed by atoms with van der Waals surface area (Å²) in [4.78, 5) is 16.8. The van der Waals surface area contributed by atoms with Gasteiger partial charge in [-0.1, -0.05) is 35.9 Å². The van der Waals surface area contributed by atoms with Gasteiger partial charge in [0.1, 0.15) is 10.8 Å². The van der Waals surface area contributed by atoms with Crippen LogP contribution in [-0.4, -0.2) is 10.8 Å². The highest BCUT2D eigenvalue weighted by Gasteiger charge is 2.11. The molecule has 3 rings (SSSR count). The van der Waals surface area contributed by atoms with Crippen molar-refractivity contribution in [3.8, 4) is 0 Å². The highest BCUT2D eigenvalue weighted by Crippen LogP contribution is 2.22. The summed E-state index contributed by atoms with van der Waals surface area (Å²) in [6.45, 7) is 4.11. The van der Waals surface area contributed by atoms with Gasteiger partial charge in [-0.15, -0.1) is 11.3 Å². The maximum absolute atomic E-state index is 12.3. The molecule has 3 aromatic rings. The number of carbonyl (C=O) groups is 1. The van der Waals surface area contributed by atoms with E-state index >= 15 is 0 Å². The topological polar surface area (TPSA) is 30.0 Å². The Bertz CT molecular complexity index is 771. The highest BCUT2D eigenvalue weighted by atomic mass is 32.1. The van der Waals surface area contributed by atoms with Crippen LogP contribution in [0, 0.1) is 13.8 Å². The Balaban J connectivity index is 1.75. The van der Waals surface area contributed by atoms with Crippen LogP contribution >= 0.6 is 11.3 Å². The second-order valence-electron chi connectivity index (χ2n) is 5.40. The molecule has 1 heterocycles. The Labute approximate surface area is 128 Å². The van der Waals surface area contributed by atoms with Gasteiger partial charge in [0.05, 0.1) is 16.6 Å². The van der Waals surface area contributed by atoms with Crippen molar-refractivity contribution in [3.05, 3.63) is 64.2 Å². The van der Waals surface area contributed by atoms with E-state index in [-0.39, 0.29) is 5.78 Å². The molecule has 0 fully saturated rings. The van der Waals surface area contributed by atoms with Crippen LogP contribution in [-0.2, 0) is 17.6 Å². The maximum Gasteiger partial charge on any atom is 0.144 e. The van der Waals surface area contributed by atoms with Gasteiger partial charge in [-0.25, -0.2) is 4.98 Å². The van der Waals surface area contributed by atoms with E-state index in [0.717, 1.165) is 20.8 Å². The third kappa shape index (κ3) is 3.19. The molecule has 0 N–H and O–H groups in total. The molecule has 0 aliphatic heterocycles. The molecule has 2 nitrogen and oxygen atoms in total. The minimum atomic E-state index is 0.225. The Hall–Kier alpha value is -2.00. The normalized spacial score (nSPS) is 11.0. The second-order valence-corrected chi connectivity index (χ2v) is 6.51. The summed E-state index contributed by atoms with van der Waals surface area (Å²) in [6, 6.07) is 14.3. The number of hydrogen-bond donors (Lipinski definition) is 0.